The molecule has 0 unspecified atom stereocenters. The Kier molecular flexibility index (Phi) is 2.63. The fraction of sp³-hybridized carbons (Fsp3) is 0.133. The summed E-state index contributed by atoms with van der Waals surface area (Å²) in [4.78, 5) is 13.4. The molecule has 4 heteroatoms. The average Bonchev–Trinajstić information content (AvgIpc) is 2.82. The Hall–Kier alpha value is -2.49. The number of primary amides is 1. The van der Waals surface area contributed by atoms with Gasteiger partial charge >= 0.3 is 0 Å². The Morgan fingerprint density at radius 3 is 2.26 bits per heavy atom. The van der Waals surface area contributed by atoms with Gasteiger partial charge in [0.1, 0.15) is 0 Å². The third kappa shape index (κ3) is 2.01. The van der Waals surface area contributed by atoms with Crippen LogP contribution in [0.15, 0.2) is 42.5 Å². The minimum absolute atomic E-state index is 0.432. The third-order valence-corrected chi connectivity index (χ3v) is 3.50. The molecule has 0 bridgehead atoms. The van der Waals surface area contributed by atoms with Crippen LogP contribution in [0.3, 0.4) is 0 Å². The molecule has 4 nitrogen and oxygen atoms in total. The van der Waals surface area contributed by atoms with Crippen molar-refractivity contribution in [2.24, 2.45) is 5.73 Å². The fourth-order valence-corrected chi connectivity index (χ4v) is 2.47. The van der Waals surface area contributed by atoms with E-state index in [0.29, 0.717) is 11.3 Å². The van der Waals surface area contributed by atoms with E-state index in [1.54, 1.807) is 18.2 Å². The second-order valence-electron chi connectivity index (χ2n) is 4.76. The van der Waals surface area contributed by atoms with Crippen molar-refractivity contribution in [3.05, 3.63) is 59.2 Å². The highest BCUT2D eigenvalue weighted by Gasteiger charge is 2.20. The van der Waals surface area contributed by atoms with Gasteiger partial charge in [0.15, 0.2) is 0 Å². The minimum atomic E-state index is -0.432. The number of nitrogen functional groups attached to an aromatic ring is 1. The van der Waals surface area contributed by atoms with Crippen LogP contribution in [0.1, 0.15) is 21.5 Å². The fourth-order valence-electron chi connectivity index (χ4n) is 2.47. The van der Waals surface area contributed by atoms with Gasteiger partial charge in [-0.1, -0.05) is 24.3 Å². The van der Waals surface area contributed by atoms with Gasteiger partial charge in [0.2, 0.25) is 5.91 Å². The lowest BCUT2D eigenvalue weighted by Crippen LogP contribution is -2.18. The molecular weight excluding hydrogens is 238 g/mol. The molecule has 2 aromatic carbocycles. The first kappa shape index (κ1) is 11.6. The normalized spacial score (nSPS) is 13.4. The van der Waals surface area contributed by atoms with E-state index in [0.717, 1.165) is 18.8 Å². The van der Waals surface area contributed by atoms with Crippen LogP contribution in [0, 0.1) is 0 Å². The van der Waals surface area contributed by atoms with Gasteiger partial charge < -0.3 is 16.4 Å². The van der Waals surface area contributed by atoms with Crippen LogP contribution >= 0.6 is 0 Å². The highest BCUT2D eigenvalue weighted by molar-refractivity contribution is 5.95. The molecule has 0 fully saturated rings. The van der Waals surface area contributed by atoms with Crippen LogP contribution in [0.4, 0.5) is 11.4 Å². The Morgan fingerprint density at radius 2 is 1.68 bits per heavy atom. The number of hydrogen-bond donors (Lipinski definition) is 2. The van der Waals surface area contributed by atoms with Gasteiger partial charge in [0.25, 0.3) is 0 Å². The molecule has 1 amide bonds. The molecule has 1 aliphatic heterocycles. The summed E-state index contributed by atoms with van der Waals surface area (Å²) in [5.74, 6) is -0.432. The Balaban J connectivity index is 1.97. The summed E-state index contributed by atoms with van der Waals surface area (Å²) < 4.78 is 0. The third-order valence-electron chi connectivity index (χ3n) is 3.50. The minimum Gasteiger partial charge on any atom is -0.397 e. The summed E-state index contributed by atoms with van der Waals surface area (Å²) >= 11 is 0. The molecule has 0 aliphatic carbocycles. The van der Waals surface area contributed by atoms with Gasteiger partial charge in [-0.15, -0.1) is 0 Å². The standard InChI is InChI=1S/C15H15N3O/c16-13-6-5-10(15(17)19)7-14(13)18-8-11-3-1-2-4-12(11)9-18/h1-7H,8-9,16H2,(H2,17,19). The van der Waals surface area contributed by atoms with E-state index in [1.165, 1.54) is 11.1 Å². The Labute approximate surface area is 111 Å². The van der Waals surface area contributed by atoms with E-state index in [4.69, 9.17) is 11.5 Å². The van der Waals surface area contributed by atoms with Crippen molar-refractivity contribution in [1.29, 1.82) is 0 Å². The average molecular weight is 253 g/mol. The number of anilines is 2. The van der Waals surface area contributed by atoms with E-state index in [2.05, 4.69) is 17.0 Å². The van der Waals surface area contributed by atoms with E-state index in [1.807, 2.05) is 12.1 Å². The van der Waals surface area contributed by atoms with Crippen LogP contribution in [-0.2, 0) is 13.1 Å². The number of carbonyl (C=O) groups excluding carboxylic acids is 1. The lowest BCUT2D eigenvalue weighted by molar-refractivity contribution is 0.100. The number of benzene rings is 2. The van der Waals surface area contributed by atoms with Crippen molar-refractivity contribution in [2.45, 2.75) is 13.1 Å². The molecule has 1 heterocycles. The van der Waals surface area contributed by atoms with Crippen LogP contribution in [0.2, 0.25) is 0 Å². The highest BCUT2D eigenvalue weighted by Crippen LogP contribution is 2.32. The molecule has 96 valence electrons. The molecule has 0 radical (unpaired) electrons. The molecule has 1 aliphatic rings. The number of amides is 1. The second kappa shape index (κ2) is 4.31. The lowest BCUT2D eigenvalue weighted by Gasteiger charge is -2.20. The molecule has 0 saturated heterocycles. The van der Waals surface area contributed by atoms with Crippen LogP contribution < -0.4 is 16.4 Å². The summed E-state index contributed by atoms with van der Waals surface area (Å²) in [5, 5.41) is 0. The van der Waals surface area contributed by atoms with Gasteiger partial charge in [-0.05, 0) is 29.3 Å². The second-order valence-corrected chi connectivity index (χ2v) is 4.76. The topological polar surface area (TPSA) is 72.3 Å². The first-order valence-electron chi connectivity index (χ1n) is 6.16. The molecule has 4 N–H and O–H groups in total. The smallest absolute Gasteiger partial charge is 0.248 e. The van der Waals surface area contributed by atoms with Crippen molar-refractivity contribution in [1.82, 2.24) is 0 Å². The molecule has 0 saturated carbocycles. The van der Waals surface area contributed by atoms with Crippen molar-refractivity contribution in [3.63, 3.8) is 0 Å². The highest BCUT2D eigenvalue weighted by atomic mass is 16.1. The number of hydrogen-bond acceptors (Lipinski definition) is 3. The maximum absolute atomic E-state index is 11.3. The summed E-state index contributed by atoms with van der Waals surface area (Å²) in [6, 6.07) is 13.5. The van der Waals surface area contributed by atoms with Crippen molar-refractivity contribution < 1.29 is 4.79 Å². The van der Waals surface area contributed by atoms with E-state index in [9.17, 15) is 4.79 Å². The van der Waals surface area contributed by atoms with Gasteiger partial charge in [-0.25, -0.2) is 0 Å². The SMILES string of the molecule is NC(=O)c1ccc(N)c(N2Cc3ccccc3C2)c1. The Morgan fingerprint density at radius 1 is 1.05 bits per heavy atom. The monoisotopic (exact) mass is 253 g/mol. The summed E-state index contributed by atoms with van der Waals surface area (Å²) in [6.45, 7) is 1.62. The van der Waals surface area contributed by atoms with Crippen molar-refractivity contribution in [2.75, 3.05) is 10.6 Å². The quantitative estimate of drug-likeness (QED) is 0.803. The zero-order valence-corrected chi connectivity index (χ0v) is 10.5. The van der Waals surface area contributed by atoms with Crippen molar-refractivity contribution in [3.8, 4) is 0 Å². The van der Waals surface area contributed by atoms with Gasteiger partial charge in [0.05, 0.1) is 11.4 Å². The molecule has 0 spiro atoms. The van der Waals surface area contributed by atoms with Crippen molar-refractivity contribution >= 4 is 17.3 Å². The first-order valence-corrected chi connectivity index (χ1v) is 6.16. The maximum Gasteiger partial charge on any atom is 0.248 e. The lowest BCUT2D eigenvalue weighted by atomic mass is 10.1. The molecule has 3 rings (SSSR count). The summed E-state index contributed by atoms with van der Waals surface area (Å²) in [6.07, 6.45) is 0. The van der Waals surface area contributed by atoms with Crippen LogP contribution in [-0.4, -0.2) is 5.91 Å². The molecule has 0 aromatic heterocycles. The summed E-state index contributed by atoms with van der Waals surface area (Å²) in [7, 11) is 0. The molecular formula is C15H15N3O. The van der Waals surface area contributed by atoms with Gasteiger partial charge in [0, 0.05) is 18.7 Å². The maximum atomic E-state index is 11.3. The molecule has 19 heavy (non-hydrogen) atoms. The number of nitrogens with zero attached hydrogens (tertiary/aromatic N) is 1. The summed E-state index contributed by atoms with van der Waals surface area (Å²) in [5.41, 5.74) is 15.9. The molecule has 0 atom stereocenters. The zero-order chi connectivity index (χ0) is 13.4. The largest absolute Gasteiger partial charge is 0.397 e. The first-order chi connectivity index (χ1) is 9.15. The van der Waals surface area contributed by atoms with Gasteiger partial charge in [-0.3, -0.25) is 4.79 Å². The number of nitrogens with two attached hydrogens (primary N) is 2. The van der Waals surface area contributed by atoms with E-state index < -0.39 is 5.91 Å². The molecule has 2 aromatic rings. The van der Waals surface area contributed by atoms with E-state index in [-0.39, 0.29) is 0 Å². The Bertz CT molecular complexity index is 627. The van der Waals surface area contributed by atoms with Crippen LogP contribution in [0.25, 0.3) is 0 Å². The van der Waals surface area contributed by atoms with Gasteiger partial charge in [-0.2, -0.15) is 0 Å². The number of rotatable bonds is 2. The predicted molar refractivity (Wildman–Crippen MR) is 75.7 cm³/mol. The number of carbonyl (C=O) groups is 1. The van der Waals surface area contributed by atoms with Crippen LogP contribution in [0.5, 0.6) is 0 Å². The predicted octanol–water partition coefficient (Wildman–Crippen LogP) is 1.89. The number of fused-ring (bicyclic) bond motifs is 1. The zero-order valence-electron chi connectivity index (χ0n) is 10.5. The van der Waals surface area contributed by atoms with E-state index >= 15 is 0 Å².